The zero-order chi connectivity index (χ0) is 19.9. The molecule has 0 atom stereocenters. The zero-order valence-electron chi connectivity index (χ0n) is 15.7. The van der Waals surface area contributed by atoms with Crippen molar-refractivity contribution in [1.82, 2.24) is 15.3 Å². The van der Waals surface area contributed by atoms with Gasteiger partial charge in [-0.3, -0.25) is 4.79 Å². The molecule has 9 heteroatoms. The summed E-state index contributed by atoms with van der Waals surface area (Å²) in [6.07, 6.45) is 0.911. The third kappa shape index (κ3) is 5.65. The quantitative estimate of drug-likeness (QED) is 0.402. The van der Waals surface area contributed by atoms with Crippen molar-refractivity contribution in [1.29, 1.82) is 0 Å². The molecule has 2 heterocycles. The number of para-hydroxylation sites is 1. The van der Waals surface area contributed by atoms with Crippen LogP contribution in [0.2, 0.25) is 10.2 Å². The number of halogens is 2. The fourth-order valence-corrected chi connectivity index (χ4v) is 4.11. The molecule has 0 aliphatic carbocycles. The van der Waals surface area contributed by atoms with Gasteiger partial charge in [-0.1, -0.05) is 54.0 Å². The minimum absolute atomic E-state index is 0.0228. The Morgan fingerprint density at radius 1 is 1.14 bits per heavy atom. The van der Waals surface area contributed by atoms with Crippen molar-refractivity contribution < 1.29 is 4.79 Å². The molecule has 1 N–H and O–H groups in total. The Balaban J connectivity index is 1.61. The highest BCUT2D eigenvalue weighted by Crippen LogP contribution is 2.28. The number of nitrogens with zero attached hydrogens (tertiary/aromatic N) is 4. The Labute approximate surface area is 179 Å². The van der Waals surface area contributed by atoms with Crippen molar-refractivity contribution in [3.8, 4) is 0 Å². The van der Waals surface area contributed by atoms with E-state index in [1.165, 1.54) is 11.8 Å². The van der Waals surface area contributed by atoms with Crippen LogP contribution in [-0.4, -0.2) is 54.4 Å². The predicted octanol–water partition coefficient (Wildman–Crippen LogP) is 3.73. The lowest BCUT2D eigenvalue weighted by Gasteiger charge is -2.37. The van der Waals surface area contributed by atoms with Crippen molar-refractivity contribution in [2.45, 2.75) is 18.5 Å². The number of carbonyl (C=O) groups is 1. The monoisotopic (exact) mass is 439 g/mol. The minimum Gasteiger partial charge on any atom is -0.367 e. The van der Waals surface area contributed by atoms with Crippen LogP contribution >= 0.6 is 35.0 Å². The number of hydrogen-bond donors (Lipinski definition) is 1. The maximum Gasteiger partial charge on any atom is 0.230 e. The van der Waals surface area contributed by atoms with E-state index < -0.39 is 0 Å². The third-order valence-electron chi connectivity index (χ3n) is 4.36. The smallest absolute Gasteiger partial charge is 0.230 e. The molecule has 1 aromatic heterocycles. The Bertz CT molecular complexity index is 815. The summed E-state index contributed by atoms with van der Waals surface area (Å²) >= 11 is 13.8. The number of aromatic nitrogens is 2. The van der Waals surface area contributed by atoms with Gasteiger partial charge < -0.3 is 15.1 Å². The first-order chi connectivity index (χ1) is 13.6. The molecular weight excluding hydrogens is 417 g/mol. The molecule has 1 aliphatic rings. The number of piperazine rings is 1. The molecule has 0 radical (unpaired) electrons. The molecule has 1 saturated heterocycles. The topological polar surface area (TPSA) is 61.4 Å². The first kappa shape index (κ1) is 21.0. The summed E-state index contributed by atoms with van der Waals surface area (Å²) < 4.78 is 0. The van der Waals surface area contributed by atoms with E-state index in [1.807, 2.05) is 31.2 Å². The molecule has 3 rings (SSSR count). The van der Waals surface area contributed by atoms with Gasteiger partial charge in [0.15, 0.2) is 5.16 Å². The molecule has 0 unspecified atom stereocenters. The van der Waals surface area contributed by atoms with Gasteiger partial charge in [0.1, 0.15) is 11.0 Å². The molecule has 1 aromatic carbocycles. The number of rotatable bonds is 7. The first-order valence-corrected chi connectivity index (χ1v) is 11.0. The second-order valence-electron chi connectivity index (χ2n) is 6.40. The molecule has 0 spiro atoms. The van der Waals surface area contributed by atoms with Crippen LogP contribution in [0.1, 0.15) is 13.3 Å². The van der Waals surface area contributed by atoms with Crippen LogP contribution in [-0.2, 0) is 4.79 Å². The van der Waals surface area contributed by atoms with E-state index in [9.17, 15) is 4.79 Å². The maximum absolute atomic E-state index is 11.8. The molecule has 150 valence electrons. The van der Waals surface area contributed by atoms with E-state index >= 15 is 0 Å². The predicted molar refractivity (Wildman–Crippen MR) is 117 cm³/mol. The van der Waals surface area contributed by atoms with Crippen LogP contribution < -0.4 is 15.1 Å². The molecule has 1 aliphatic heterocycles. The Morgan fingerprint density at radius 2 is 1.86 bits per heavy atom. The second kappa shape index (κ2) is 10.2. The third-order valence-corrected chi connectivity index (χ3v) is 5.72. The SMILES string of the molecule is CCCNC(=O)CSc1nc(Cl)cc(N2CCN(c3ccccc3Cl)CC2)n1. The Hall–Kier alpha value is -1.70. The fourth-order valence-electron chi connectivity index (χ4n) is 2.94. The van der Waals surface area contributed by atoms with Gasteiger partial charge in [0.2, 0.25) is 5.91 Å². The minimum atomic E-state index is -0.0228. The molecule has 2 aromatic rings. The lowest BCUT2D eigenvalue weighted by molar-refractivity contribution is -0.118. The fraction of sp³-hybridized carbons (Fsp3) is 0.421. The number of hydrogen-bond acceptors (Lipinski definition) is 6. The van der Waals surface area contributed by atoms with E-state index in [0.29, 0.717) is 16.9 Å². The van der Waals surface area contributed by atoms with E-state index in [1.54, 1.807) is 6.07 Å². The van der Waals surface area contributed by atoms with Gasteiger partial charge in [-0.05, 0) is 18.6 Å². The molecule has 0 bridgehead atoms. The van der Waals surface area contributed by atoms with Gasteiger partial charge in [0, 0.05) is 38.8 Å². The van der Waals surface area contributed by atoms with Crippen molar-refractivity contribution in [2.24, 2.45) is 0 Å². The van der Waals surface area contributed by atoms with Crippen molar-refractivity contribution in [3.63, 3.8) is 0 Å². The molecule has 0 saturated carbocycles. The number of carbonyl (C=O) groups excluding carboxylic acids is 1. The summed E-state index contributed by atoms with van der Waals surface area (Å²) in [7, 11) is 0. The van der Waals surface area contributed by atoms with Gasteiger partial charge in [-0.25, -0.2) is 9.97 Å². The average Bonchev–Trinajstić information content (AvgIpc) is 2.71. The maximum atomic E-state index is 11.8. The summed E-state index contributed by atoms with van der Waals surface area (Å²) in [5.74, 6) is 1.04. The Kier molecular flexibility index (Phi) is 7.65. The van der Waals surface area contributed by atoms with Crippen molar-refractivity contribution >= 4 is 52.4 Å². The number of nitrogens with one attached hydrogen (secondary N) is 1. The number of benzene rings is 1. The lowest BCUT2D eigenvalue weighted by atomic mass is 10.2. The van der Waals surface area contributed by atoms with Gasteiger partial charge in [-0.15, -0.1) is 0 Å². The summed E-state index contributed by atoms with van der Waals surface area (Å²) in [4.78, 5) is 25.1. The molecule has 28 heavy (non-hydrogen) atoms. The molecule has 1 fully saturated rings. The molecule has 1 amide bonds. The van der Waals surface area contributed by atoms with Crippen molar-refractivity contribution in [2.75, 3.05) is 48.3 Å². The van der Waals surface area contributed by atoms with Gasteiger partial charge >= 0.3 is 0 Å². The standard InChI is InChI=1S/C19H23Cl2N5OS/c1-2-7-22-18(27)13-28-19-23-16(21)12-17(24-19)26-10-8-25(9-11-26)15-6-4-3-5-14(15)20/h3-6,12H,2,7-11,13H2,1H3,(H,22,27). The van der Waals surface area contributed by atoms with Crippen molar-refractivity contribution in [3.05, 3.63) is 40.5 Å². The summed E-state index contributed by atoms with van der Waals surface area (Å²) in [6, 6.07) is 9.66. The van der Waals surface area contributed by atoms with E-state index in [4.69, 9.17) is 23.2 Å². The number of anilines is 2. The number of thioether (sulfide) groups is 1. The average molecular weight is 440 g/mol. The zero-order valence-corrected chi connectivity index (χ0v) is 18.0. The van der Waals surface area contributed by atoms with Crippen LogP contribution in [0.5, 0.6) is 0 Å². The number of amides is 1. The summed E-state index contributed by atoms with van der Waals surface area (Å²) in [5, 5.41) is 4.51. The highest BCUT2D eigenvalue weighted by Gasteiger charge is 2.21. The van der Waals surface area contributed by atoms with E-state index in [-0.39, 0.29) is 11.7 Å². The summed E-state index contributed by atoms with van der Waals surface area (Å²) in [5.41, 5.74) is 1.05. The largest absolute Gasteiger partial charge is 0.367 e. The summed E-state index contributed by atoms with van der Waals surface area (Å²) in [6.45, 7) is 5.99. The van der Waals surface area contributed by atoms with Crippen LogP contribution in [0, 0.1) is 0 Å². The van der Waals surface area contributed by atoms with Crippen LogP contribution in [0.3, 0.4) is 0 Å². The van der Waals surface area contributed by atoms with Crippen LogP contribution in [0.25, 0.3) is 0 Å². The van der Waals surface area contributed by atoms with E-state index in [2.05, 4.69) is 25.1 Å². The Morgan fingerprint density at radius 3 is 2.57 bits per heavy atom. The molecular formula is C19H23Cl2N5OS. The highest BCUT2D eigenvalue weighted by atomic mass is 35.5. The normalized spacial score (nSPS) is 14.2. The second-order valence-corrected chi connectivity index (χ2v) is 8.13. The van der Waals surface area contributed by atoms with Gasteiger partial charge in [0.25, 0.3) is 0 Å². The molecule has 6 nitrogen and oxygen atoms in total. The van der Waals surface area contributed by atoms with Gasteiger partial charge in [-0.2, -0.15) is 0 Å². The lowest BCUT2D eigenvalue weighted by Crippen LogP contribution is -2.47. The van der Waals surface area contributed by atoms with Crippen LogP contribution in [0.4, 0.5) is 11.5 Å². The van der Waals surface area contributed by atoms with E-state index in [0.717, 1.165) is 49.1 Å². The van der Waals surface area contributed by atoms with Crippen LogP contribution in [0.15, 0.2) is 35.5 Å². The van der Waals surface area contributed by atoms with Gasteiger partial charge in [0.05, 0.1) is 16.5 Å². The highest BCUT2D eigenvalue weighted by molar-refractivity contribution is 7.99. The first-order valence-electron chi connectivity index (χ1n) is 9.25.